The molecule has 6 heteroatoms. The van der Waals surface area contributed by atoms with E-state index in [9.17, 15) is 0 Å². The number of hydrogen-bond acceptors (Lipinski definition) is 6. The van der Waals surface area contributed by atoms with Crippen LogP contribution >= 0.6 is 22.7 Å². The fraction of sp³-hybridized carbons (Fsp3) is 0.125. The summed E-state index contributed by atoms with van der Waals surface area (Å²) >= 11 is 3.20. The maximum Gasteiger partial charge on any atom is 0.203 e. The Hall–Kier alpha value is -2.18. The summed E-state index contributed by atoms with van der Waals surface area (Å²) < 4.78 is 5.24. The van der Waals surface area contributed by atoms with Crippen molar-refractivity contribution >= 4 is 34.0 Å². The van der Waals surface area contributed by atoms with Crippen LogP contribution in [0, 0.1) is 6.92 Å². The number of aryl methyl sites for hydroxylation is 1. The first-order valence-electron chi connectivity index (χ1n) is 6.69. The van der Waals surface area contributed by atoms with Gasteiger partial charge in [0.05, 0.1) is 19.0 Å². The van der Waals surface area contributed by atoms with Crippen LogP contribution in [0.3, 0.4) is 0 Å². The van der Waals surface area contributed by atoms with Crippen LogP contribution < -0.4 is 10.2 Å². The molecule has 2 heterocycles. The highest BCUT2D eigenvalue weighted by molar-refractivity contribution is 7.14. The minimum atomic E-state index is 0.767. The van der Waals surface area contributed by atoms with Gasteiger partial charge in [0.2, 0.25) is 5.13 Å². The topological polar surface area (TPSA) is 46.5 Å². The molecular weight excluding hydrogens is 314 g/mol. The van der Waals surface area contributed by atoms with E-state index >= 15 is 0 Å². The molecule has 0 bridgehead atoms. The first-order chi connectivity index (χ1) is 10.8. The number of thiazole rings is 1. The molecule has 3 rings (SSSR count). The normalized spacial score (nSPS) is 11.0. The largest absolute Gasteiger partial charge is 0.497 e. The first-order valence-corrected chi connectivity index (χ1v) is 8.45. The van der Waals surface area contributed by atoms with Gasteiger partial charge in [0.1, 0.15) is 5.75 Å². The molecule has 4 nitrogen and oxygen atoms in total. The quantitative estimate of drug-likeness (QED) is 0.548. The highest BCUT2D eigenvalue weighted by atomic mass is 32.1. The lowest BCUT2D eigenvalue weighted by Crippen LogP contribution is -1.90. The average molecular weight is 329 g/mol. The van der Waals surface area contributed by atoms with Crippen LogP contribution in [-0.2, 0) is 0 Å². The third-order valence-electron chi connectivity index (χ3n) is 3.11. The van der Waals surface area contributed by atoms with Crippen LogP contribution in [0.25, 0.3) is 11.3 Å². The zero-order valence-corrected chi connectivity index (χ0v) is 13.9. The van der Waals surface area contributed by atoms with Gasteiger partial charge in [-0.05, 0) is 36.1 Å². The molecule has 0 spiro atoms. The first kappa shape index (κ1) is 14.7. The van der Waals surface area contributed by atoms with Crippen molar-refractivity contribution in [2.24, 2.45) is 5.10 Å². The number of hydrogen-bond donors (Lipinski definition) is 1. The maximum absolute atomic E-state index is 5.24. The molecule has 0 atom stereocenters. The minimum Gasteiger partial charge on any atom is -0.497 e. The third kappa shape index (κ3) is 3.35. The number of hydrazone groups is 1. The fourth-order valence-electron chi connectivity index (χ4n) is 1.90. The molecular formula is C16H15N3OS2. The second kappa shape index (κ2) is 6.72. The number of anilines is 1. The van der Waals surface area contributed by atoms with E-state index in [1.54, 1.807) is 18.4 Å². The van der Waals surface area contributed by atoms with E-state index < -0.39 is 0 Å². The van der Waals surface area contributed by atoms with Crippen molar-refractivity contribution in [1.82, 2.24) is 4.98 Å². The van der Waals surface area contributed by atoms with Gasteiger partial charge in [-0.1, -0.05) is 12.1 Å². The van der Waals surface area contributed by atoms with Crippen molar-refractivity contribution in [3.05, 3.63) is 51.5 Å². The monoisotopic (exact) mass is 329 g/mol. The number of rotatable bonds is 5. The smallest absolute Gasteiger partial charge is 0.203 e. The van der Waals surface area contributed by atoms with Gasteiger partial charge >= 0.3 is 0 Å². The summed E-state index contributed by atoms with van der Waals surface area (Å²) in [5.41, 5.74) is 6.15. The van der Waals surface area contributed by atoms with Crippen LogP contribution in [0.2, 0.25) is 0 Å². The van der Waals surface area contributed by atoms with Crippen molar-refractivity contribution in [1.29, 1.82) is 0 Å². The lowest BCUT2D eigenvalue weighted by molar-refractivity contribution is 0.415. The fourth-order valence-corrected chi connectivity index (χ4v) is 3.36. The van der Waals surface area contributed by atoms with Crippen molar-refractivity contribution in [3.8, 4) is 17.0 Å². The molecule has 0 radical (unpaired) electrons. The van der Waals surface area contributed by atoms with E-state index in [0.717, 1.165) is 27.0 Å². The number of aromatic nitrogens is 1. The summed E-state index contributed by atoms with van der Waals surface area (Å²) in [4.78, 5) is 5.69. The summed E-state index contributed by atoms with van der Waals surface area (Å²) in [6, 6.07) is 9.94. The summed E-state index contributed by atoms with van der Waals surface area (Å²) in [7, 11) is 1.66. The molecule has 1 N–H and O–H groups in total. The summed E-state index contributed by atoms with van der Waals surface area (Å²) in [6.07, 6.45) is 1.83. The van der Waals surface area contributed by atoms with E-state index in [-0.39, 0.29) is 0 Å². The minimum absolute atomic E-state index is 0.767. The predicted octanol–water partition coefficient (Wildman–Crippen LogP) is 4.63. The standard InChI is InChI=1S/C16H15N3OS2/c1-11-6-7-21-15(11)9-17-19-16-18-14(10-22-16)12-4-3-5-13(8-12)20-2/h3-10H,1-2H3,(H,18,19)/b17-9-. The molecule has 0 aliphatic rings. The van der Waals surface area contributed by atoms with E-state index in [0.29, 0.717) is 0 Å². The molecule has 0 amide bonds. The summed E-state index contributed by atoms with van der Waals surface area (Å²) in [6.45, 7) is 2.07. The Morgan fingerprint density at radius 1 is 1.27 bits per heavy atom. The van der Waals surface area contributed by atoms with Crippen LogP contribution in [0.4, 0.5) is 5.13 Å². The molecule has 0 aliphatic carbocycles. The van der Waals surface area contributed by atoms with Crippen molar-refractivity contribution in [2.75, 3.05) is 12.5 Å². The molecule has 0 unspecified atom stereocenters. The van der Waals surface area contributed by atoms with E-state index in [1.165, 1.54) is 16.9 Å². The second-order valence-electron chi connectivity index (χ2n) is 4.61. The molecule has 1 aromatic carbocycles. The summed E-state index contributed by atoms with van der Waals surface area (Å²) in [5.74, 6) is 0.825. The van der Waals surface area contributed by atoms with E-state index in [1.807, 2.05) is 35.9 Å². The Morgan fingerprint density at radius 3 is 2.95 bits per heavy atom. The number of nitrogens with one attached hydrogen (secondary N) is 1. The van der Waals surface area contributed by atoms with Crippen molar-refractivity contribution in [3.63, 3.8) is 0 Å². The molecule has 0 fully saturated rings. The summed E-state index contributed by atoms with van der Waals surface area (Å²) in [5, 5.41) is 9.07. The zero-order chi connectivity index (χ0) is 15.4. The number of nitrogens with zero attached hydrogens (tertiary/aromatic N) is 2. The Labute approximate surface area is 137 Å². The Kier molecular flexibility index (Phi) is 4.50. The lowest BCUT2D eigenvalue weighted by atomic mass is 10.2. The highest BCUT2D eigenvalue weighted by Gasteiger charge is 2.05. The third-order valence-corrected chi connectivity index (χ3v) is 4.81. The number of thiophene rings is 1. The van der Waals surface area contributed by atoms with E-state index in [4.69, 9.17) is 4.74 Å². The highest BCUT2D eigenvalue weighted by Crippen LogP contribution is 2.27. The molecule has 22 heavy (non-hydrogen) atoms. The van der Waals surface area contributed by atoms with Gasteiger partial charge in [0, 0.05) is 15.8 Å². The Morgan fingerprint density at radius 2 is 2.18 bits per heavy atom. The average Bonchev–Trinajstić information content (AvgIpc) is 3.17. The van der Waals surface area contributed by atoms with Gasteiger partial charge in [0.15, 0.2) is 0 Å². The molecule has 0 aliphatic heterocycles. The van der Waals surface area contributed by atoms with Crippen molar-refractivity contribution < 1.29 is 4.74 Å². The van der Waals surface area contributed by atoms with Gasteiger partial charge < -0.3 is 4.74 Å². The van der Waals surface area contributed by atoms with Gasteiger partial charge in [-0.3, -0.25) is 5.43 Å². The second-order valence-corrected chi connectivity index (χ2v) is 6.41. The molecule has 2 aromatic heterocycles. The van der Waals surface area contributed by atoms with Gasteiger partial charge in [-0.15, -0.1) is 22.7 Å². The van der Waals surface area contributed by atoms with Crippen LogP contribution in [-0.4, -0.2) is 18.3 Å². The van der Waals surface area contributed by atoms with Gasteiger partial charge in [-0.2, -0.15) is 5.10 Å². The van der Waals surface area contributed by atoms with Gasteiger partial charge in [0.25, 0.3) is 0 Å². The predicted molar refractivity (Wildman–Crippen MR) is 94.4 cm³/mol. The zero-order valence-electron chi connectivity index (χ0n) is 12.2. The Bertz CT molecular complexity index is 792. The van der Waals surface area contributed by atoms with Crippen LogP contribution in [0.15, 0.2) is 46.2 Å². The Balaban J connectivity index is 1.71. The SMILES string of the molecule is COc1cccc(-c2csc(N/N=C\c3sccc3C)n2)c1. The van der Waals surface area contributed by atoms with Gasteiger partial charge in [-0.25, -0.2) is 4.98 Å². The van der Waals surface area contributed by atoms with Crippen LogP contribution in [0.5, 0.6) is 5.75 Å². The van der Waals surface area contributed by atoms with Crippen molar-refractivity contribution in [2.45, 2.75) is 6.92 Å². The number of benzene rings is 1. The number of methoxy groups -OCH3 is 1. The molecule has 112 valence electrons. The molecule has 0 saturated heterocycles. The molecule has 0 saturated carbocycles. The van der Waals surface area contributed by atoms with E-state index in [2.05, 4.69) is 33.9 Å². The lowest BCUT2D eigenvalue weighted by Gasteiger charge is -2.01. The molecule has 3 aromatic rings. The number of ether oxygens (including phenoxy) is 1. The maximum atomic E-state index is 5.24. The van der Waals surface area contributed by atoms with Crippen LogP contribution in [0.1, 0.15) is 10.4 Å².